The normalized spacial score (nSPS) is 15.2. The van der Waals surface area contributed by atoms with E-state index in [9.17, 15) is 4.79 Å². The SMILES string of the molecule is COc1ccc(C)cc1/C=C1/N=C(CCc2ccccc2C)NC1=O. The van der Waals surface area contributed by atoms with Gasteiger partial charge in [-0.05, 0) is 49.6 Å². The first-order valence-corrected chi connectivity index (χ1v) is 8.36. The summed E-state index contributed by atoms with van der Waals surface area (Å²) >= 11 is 0. The molecule has 0 radical (unpaired) electrons. The molecular weight excluding hydrogens is 312 g/mol. The third-order valence-electron chi connectivity index (χ3n) is 4.32. The van der Waals surface area contributed by atoms with Gasteiger partial charge >= 0.3 is 0 Å². The van der Waals surface area contributed by atoms with Crippen LogP contribution in [0.2, 0.25) is 0 Å². The smallest absolute Gasteiger partial charge is 0.275 e. The molecule has 0 unspecified atom stereocenters. The minimum Gasteiger partial charge on any atom is -0.496 e. The highest BCUT2D eigenvalue weighted by Crippen LogP contribution is 2.24. The van der Waals surface area contributed by atoms with Gasteiger partial charge in [-0.3, -0.25) is 4.79 Å². The van der Waals surface area contributed by atoms with Gasteiger partial charge < -0.3 is 10.1 Å². The Bertz CT molecular complexity index is 866. The second-order valence-corrected chi connectivity index (χ2v) is 6.21. The van der Waals surface area contributed by atoms with E-state index in [1.807, 2.05) is 37.3 Å². The molecule has 0 atom stereocenters. The molecule has 0 saturated carbocycles. The van der Waals surface area contributed by atoms with Crippen molar-refractivity contribution in [1.82, 2.24) is 5.32 Å². The summed E-state index contributed by atoms with van der Waals surface area (Å²) in [7, 11) is 1.62. The highest BCUT2D eigenvalue weighted by atomic mass is 16.5. The summed E-state index contributed by atoms with van der Waals surface area (Å²) in [6, 6.07) is 14.1. The fraction of sp³-hybridized carbons (Fsp3) is 0.238. The lowest BCUT2D eigenvalue weighted by atomic mass is 10.0. The number of benzene rings is 2. The lowest BCUT2D eigenvalue weighted by molar-refractivity contribution is -0.115. The van der Waals surface area contributed by atoms with Crippen LogP contribution in [-0.2, 0) is 11.2 Å². The number of methoxy groups -OCH3 is 1. The Kier molecular flexibility index (Phi) is 4.98. The van der Waals surface area contributed by atoms with Gasteiger partial charge in [0, 0.05) is 12.0 Å². The first kappa shape index (κ1) is 17.0. The minimum atomic E-state index is -0.164. The summed E-state index contributed by atoms with van der Waals surface area (Å²) in [6.45, 7) is 4.10. The van der Waals surface area contributed by atoms with Crippen molar-refractivity contribution in [3.05, 3.63) is 70.4 Å². The van der Waals surface area contributed by atoms with Gasteiger partial charge in [-0.2, -0.15) is 0 Å². The van der Waals surface area contributed by atoms with Gasteiger partial charge in [-0.1, -0.05) is 35.9 Å². The predicted octanol–water partition coefficient (Wildman–Crippen LogP) is 3.81. The highest BCUT2D eigenvalue weighted by molar-refractivity contribution is 6.14. The van der Waals surface area contributed by atoms with Crippen LogP contribution in [0.25, 0.3) is 6.08 Å². The molecule has 25 heavy (non-hydrogen) atoms. The molecular formula is C21H22N2O2. The monoisotopic (exact) mass is 334 g/mol. The number of hydrogen-bond donors (Lipinski definition) is 1. The Morgan fingerprint density at radius 2 is 1.92 bits per heavy atom. The number of ether oxygens (including phenoxy) is 1. The van der Waals surface area contributed by atoms with E-state index >= 15 is 0 Å². The van der Waals surface area contributed by atoms with E-state index in [1.54, 1.807) is 13.2 Å². The van der Waals surface area contributed by atoms with E-state index in [0.29, 0.717) is 18.0 Å². The molecule has 4 nitrogen and oxygen atoms in total. The molecule has 0 fully saturated rings. The lowest BCUT2D eigenvalue weighted by Gasteiger charge is -2.05. The van der Waals surface area contributed by atoms with Crippen molar-refractivity contribution in [2.75, 3.05) is 7.11 Å². The Morgan fingerprint density at radius 1 is 1.12 bits per heavy atom. The maximum absolute atomic E-state index is 12.2. The Morgan fingerprint density at radius 3 is 2.68 bits per heavy atom. The fourth-order valence-electron chi connectivity index (χ4n) is 2.89. The molecule has 0 bridgehead atoms. The molecule has 1 aliphatic heterocycles. The van der Waals surface area contributed by atoms with Crippen molar-refractivity contribution in [3.63, 3.8) is 0 Å². The summed E-state index contributed by atoms with van der Waals surface area (Å²) in [4.78, 5) is 16.7. The second-order valence-electron chi connectivity index (χ2n) is 6.21. The molecule has 3 rings (SSSR count). The van der Waals surface area contributed by atoms with Gasteiger partial charge in [-0.25, -0.2) is 4.99 Å². The van der Waals surface area contributed by atoms with Gasteiger partial charge in [-0.15, -0.1) is 0 Å². The number of aryl methyl sites for hydroxylation is 3. The Balaban J connectivity index is 1.78. The van der Waals surface area contributed by atoms with Crippen molar-refractivity contribution in [2.45, 2.75) is 26.7 Å². The standard InChI is InChI=1S/C21H22N2O2/c1-14-8-10-19(25-3)17(12-14)13-18-21(24)23-20(22-18)11-9-16-7-5-4-6-15(16)2/h4-8,10,12-13H,9,11H2,1-3H3,(H,22,23,24)/b18-13+. The van der Waals surface area contributed by atoms with Crippen LogP contribution in [0.15, 0.2) is 53.2 Å². The van der Waals surface area contributed by atoms with Gasteiger partial charge in [0.2, 0.25) is 0 Å². The fourth-order valence-corrected chi connectivity index (χ4v) is 2.89. The first-order valence-electron chi connectivity index (χ1n) is 8.36. The summed E-state index contributed by atoms with van der Waals surface area (Å²) in [5.41, 5.74) is 4.92. The molecule has 0 saturated heterocycles. The summed E-state index contributed by atoms with van der Waals surface area (Å²) in [5, 5.41) is 2.87. The number of amides is 1. The molecule has 4 heteroatoms. The average Bonchev–Trinajstić information content (AvgIpc) is 2.94. The molecule has 0 aliphatic carbocycles. The Hall–Kier alpha value is -2.88. The molecule has 0 aromatic heterocycles. The molecule has 1 N–H and O–H groups in total. The number of nitrogens with zero attached hydrogens (tertiary/aromatic N) is 1. The molecule has 2 aromatic carbocycles. The first-order chi connectivity index (χ1) is 12.1. The topological polar surface area (TPSA) is 50.7 Å². The van der Waals surface area contributed by atoms with Crippen molar-refractivity contribution < 1.29 is 9.53 Å². The van der Waals surface area contributed by atoms with Crippen LogP contribution >= 0.6 is 0 Å². The summed E-state index contributed by atoms with van der Waals surface area (Å²) in [6.07, 6.45) is 3.34. The van der Waals surface area contributed by atoms with Gasteiger partial charge in [0.25, 0.3) is 5.91 Å². The maximum atomic E-state index is 12.2. The zero-order chi connectivity index (χ0) is 17.8. The summed E-state index contributed by atoms with van der Waals surface area (Å²) < 4.78 is 5.37. The Labute approximate surface area is 148 Å². The number of aliphatic imine (C=N–C) groups is 1. The van der Waals surface area contributed by atoms with Crippen LogP contribution in [0.4, 0.5) is 0 Å². The average molecular weight is 334 g/mol. The van der Waals surface area contributed by atoms with Gasteiger partial charge in [0.15, 0.2) is 0 Å². The number of carbonyl (C=O) groups is 1. The van der Waals surface area contributed by atoms with Crippen molar-refractivity contribution >= 4 is 17.8 Å². The van der Waals surface area contributed by atoms with Crippen molar-refractivity contribution in [1.29, 1.82) is 0 Å². The number of hydrogen-bond acceptors (Lipinski definition) is 3. The second kappa shape index (κ2) is 7.34. The molecule has 1 aliphatic rings. The number of rotatable bonds is 5. The van der Waals surface area contributed by atoms with E-state index in [2.05, 4.69) is 29.4 Å². The van der Waals surface area contributed by atoms with Crippen LogP contribution in [0.3, 0.4) is 0 Å². The van der Waals surface area contributed by atoms with E-state index < -0.39 is 0 Å². The van der Waals surface area contributed by atoms with E-state index in [0.717, 1.165) is 23.3 Å². The molecule has 2 aromatic rings. The largest absolute Gasteiger partial charge is 0.496 e. The van der Waals surface area contributed by atoms with Gasteiger partial charge in [0.05, 0.1) is 7.11 Å². The summed E-state index contributed by atoms with van der Waals surface area (Å²) in [5.74, 6) is 1.28. The minimum absolute atomic E-state index is 0.164. The van der Waals surface area contributed by atoms with E-state index in [4.69, 9.17) is 4.74 Å². The van der Waals surface area contributed by atoms with E-state index in [1.165, 1.54) is 11.1 Å². The third kappa shape index (κ3) is 3.97. The van der Waals surface area contributed by atoms with Crippen molar-refractivity contribution in [3.8, 4) is 5.75 Å². The van der Waals surface area contributed by atoms with Crippen LogP contribution in [-0.4, -0.2) is 18.9 Å². The lowest BCUT2D eigenvalue weighted by Crippen LogP contribution is -2.24. The molecule has 1 amide bonds. The maximum Gasteiger partial charge on any atom is 0.275 e. The number of carbonyl (C=O) groups excluding carboxylic acids is 1. The predicted molar refractivity (Wildman–Crippen MR) is 101 cm³/mol. The van der Waals surface area contributed by atoms with Crippen LogP contribution in [0.1, 0.15) is 28.7 Å². The molecule has 0 spiro atoms. The number of nitrogens with one attached hydrogen (secondary N) is 1. The number of amidine groups is 1. The van der Waals surface area contributed by atoms with Crippen LogP contribution in [0, 0.1) is 13.8 Å². The van der Waals surface area contributed by atoms with Crippen LogP contribution in [0.5, 0.6) is 5.75 Å². The van der Waals surface area contributed by atoms with Crippen molar-refractivity contribution in [2.24, 2.45) is 4.99 Å². The third-order valence-corrected chi connectivity index (χ3v) is 4.32. The zero-order valence-electron chi connectivity index (χ0n) is 14.8. The zero-order valence-corrected chi connectivity index (χ0v) is 14.8. The van der Waals surface area contributed by atoms with Gasteiger partial charge in [0.1, 0.15) is 17.3 Å². The van der Waals surface area contributed by atoms with E-state index in [-0.39, 0.29) is 5.91 Å². The quantitative estimate of drug-likeness (QED) is 0.845. The highest BCUT2D eigenvalue weighted by Gasteiger charge is 2.20. The van der Waals surface area contributed by atoms with Crippen LogP contribution < -0.4 is 10.1 Å². The molecule has 128 valence electrons. The molecule has 1 heterocycles.